The monoisotopic (exact) mass is 404 g/mol. The normalized spacial score (nSPS) is 17.3. The quantitative estimate of drug-likeness (QED) is 0.800. The van der Waals surface area contributed by atoms with Crippen molar-refractivity contribution < 1.29 is 22.7 Å². The summed E-state index contributed by atoms with van der Waals surface area (Å²) in [5.74, 6) is 0.797. The van der Waals surface area contributed by atoms with E-state index in [1.54, 1.807) is 50.4 Å². The van der Waals surface area contributed by atoms with Crippen LogP contribution in [0.25, 0.3) is 0 Å². The van der Waals surface area contributed by atoms with E-state index in [0.29, 0.717) is 42.1 Å². The fourth-order valence-electron chi connectivity index (χ4n) is 3.30. The first-order chi connectivity index (χ1) is 13.4. The smallest absolute Gasteiger partial charge is 0.244 e. The van der Waals surface area contributed by atoms with Crippen LogP contribution in [0.1, 0.15) is 18.4 Å². The Morgan fingerprint density at radius 2 is 1.71 bits per heavy atom. The molecule has 0 bridgehead atoms. The van der Waals surface area contributed by atoms with Crippen LogP contribution in [0.3, 0.4) is 0 Å². The second kappa shape index (κ2) is 8.20. The molecule has 1 fully saturated rings. The van der Waals surface area contributed by atoms with Crippen LogP contribution < -0.4 is 14.8 Å². The van der Waals surface area contributed by atoms with Gasteiger partial charge in [0.2, 0.25) is 15.9 Å². The van der Waals surface area contributed by atoms with Gasteiger partial charge in [0.05, 0.1) is 19.1 Å². The average Bonchev–Trinajstić information content (AvgIpc) is 3.20. The van der Waals surface area contributed by atoms with E-state index in [4.69, 9.17) is 9.47 Å². The molecule has 1 aliphatic rings. The molecule has 1 N–H and O–H groups in total. The number of carbonyl (C=O) groups excluding carboxylic acids is 1. The van der Waals surface area contributed by atoms with E-state index in [1.807, 2.05) is 0 Å². The predicted octanol–water partition coefficient (Wildman–Crippen LogP) is 2.80. The number of carbonyl (C=O) groups is 1. The van der Waals surface area contributed by atoms with Crippen LogP contribution in [0.4, 0.5) is 5.69 Å². The summed E-state index contributed by atoms with van der Waals surface area (Å²) in [4.78, 5) is 13.0. The van der Waals surface area contributed by atoms with E-state index in [0.717, 1.165) is 0 Å². The lowest BCUT2D eigenvalue weighted by molar-refractivity contribution is -0.119. The number of hydrogen-bond acceptors (Lipinski definition) is 5. The zero-order valence-electron chi connectivity index (χ0n) is 16.1. The summed E-state index contributed by atoms with van der Waals surface area (Å²) in [6.07, 6.45) is 1.10. The van der Waals surface area contributed by atoms with Gasteiger partial charge in [-0.25, -0.2) is 8.42 Å². The fraction of sp³-hybridized carbons (Fsp3) is 0.350. The third kappa shape index (κ3) is 3.98. The first-order valence-electron chi connectivity index (χ1n) is 8.98. The predicted molar refractivity (Wildman–Crippen MR) is 106 cm³/mol. The molecule has 7 nitrogen and oxygen atoms in total. The van der Waals surface area contributed by atoms with Crippen molar-refractivity contribution in [3.8, 4) is 11.5 Å². The van der Waals surface area contributed by atoms with Gasteiger partial charge in [-0.05, 0) is 55.7 Å². The zero-order valence-corrected chi connectivity index (χ0v) is 17.0. The van der Waals surface area contributed by atoms with Crippen molar-refractivity contribution in [1.29, 1.82) is 0 Å². The van der Waals surface area contributed by atoms with E-state index >= 15 is 0 Å². The minimum Gasteiger partial charge on any atom is -0.497 e. The molecular formula is C20H24N2O5S. The minimum atomic E-state index is -3.83. The van der Waals surface area contributed by atoms with Crippen molar-refractivity contribution in [2.24, 2.45) is 0 Å². The molecule has 1 aliphatic heterocycles. The Bertz CT molecular complexity index is 957. The lowest BCUT2D eigenvalue weighted by atomic mass is 10.2. The Kier molecular flexibility index (Phi) is 5.90. The molecule has 0 saturated carbocycles. The molecule has 0 unspecified atom stereocenters. The van der Waals surface area contributed by atoms with Gasteiger partial charge < -0.3 is 14.8 Å². The van der Waals surface area contributed by atoms with E-state index in [-0.39, 0.29) is 10.8 Å². The van der Waals surface area contributed by atoms with Crippen molar-refractivity contribution in [2.45, 2.75) is 30.7 Å². The zero-order chi connectivity index (χ0) is 20.3. The van der Waals surface area contributed by atoms with E-state index in [2.05, 4.69) is 5.32 Å². The summed E-state index contributed by atoms with van der Waals surface area (Å²) < 4.78 is 38.1. The van der Waals surface area contributed by atoms with Crippen LogP contribution in [0.2, 0.25) is 0 Å². The number of sulfonamides is 1. The molecule has 0 spiro atoms. The largest absolute Gasteiger partial charge is 0.497 e. The third-order valence-electron chi connectivity index (χ3n) is 4.85. The van der Waals surface area contributed by atoms with Crippen LogP contribution in [-0.2, 0) is 14.8 Å². The summed E-state index contributed by atoms with van der Waals surface area (Å²) in [6.45, 7) is 2.04. The highest BCUT2D eigenvalue weighted by Crippen LogP contribution is 2.30. The fourth-order valence-corrected chi connectivity index (χ4v) is 5.20. The molecule has 28 heavy (non-hydrogen) atoms. The molecular weight excluding hydrogens is 380 g/mol. The number of benzene rings is 2. The number of ether oxygens (including phenoxy) is 2. The van der Waals surface area contributed by atoms with E-state index in [1.165, 1.54) is 17.5 Å². The van der Waals surface area contributed by atoms with Crippen molar-refractivity contribution in [1.82, 2.24) is 4.31 Å². The van der Waals surface area contributed by atoms with Gasteiger partial charge in [-0.2, -0.15) is 4.31 Å². The Labute approximate surface area is 165 Å². The Morgan fingerprint density at radius 1 is 1.07 bits per heavy atom. The molecule has 1 amide bonds. The van der Waals surface area contributed by atoms with Crippen molar-refractivity contribution in [3.63, 3.8) is 0 Å². The van der Waals surface area contributed by atoms with Crippen molar-refractivity contribution >= 4 is 21.6 Å². The third-order valence-corrected chi connectivity index (χ3v) is 6.90. The second-order valence-corrected chi connectivity index (χ2v) is 8.48. The lowest BCUT2D eigenvalue weighted by Gasteiger charge is -2.24. The number of amides is 1. The first kappa shape index (κ1) is 20.2. The maximum absolute atomic E-state index is 13.2. The van der Waals surface area contributed by atoms with Gasteiger partial charge in [-0.3, -0.25) is 4.79 Å². The summed E-state index contributed by atoms with van der Waals surface area (Å²) in [5.41, 5.74) is 1.20. The second-order valence-electron chi connectivity index (χ2n) is 6.62. The average molecular weight is 404 g/mol. The highest BCUT2D eigenvalue weighted by atomic mass is 32.2. The summed E-state index contributed by atoms with van der Waals surface area (Å²) in [6, 6.07) is 11.1. The number of hydrogen-bond donors (Lipinski definition) is 1. The molecule has 0 aliphatic carbocycles. The van der Waals surface area contributed by atoms with Crippen molar-refractivity contribution in [2.75, 3.05) is 26.1 Å². The van der Waals surface area contributed by atoms with Gasteiger partial charge in [0.1, 0.15) is 17.5 Å². The number of aryl methyl sites for hydroxylation is 1. The Hall–Kier alpha value is -2.58. The highest BCUT2D eigenvalue weighted by Gasteiger charge is 2.40. The first-order valence-corrected chi connectivity index (χ1v) is 10.4. The number of methoxy groups -OCH3 is 2. The van der Waals surface area contributed by atoms with Crippen LogP contribution >= 0.6 is 0 Å². The Morgan fingerprint density at radius 3 is 2.36 bits per heavy atom. The molecule has 3 rings (SSSR count). The van der Waals surface area contributed by atoms with Crippen LogP contribution in [-0.4, -0.2) is 45.4 Å². The standard InChI is InChI=1S/C20H24N2O5S/c1-14-6-9-17(27-3)13-19(14)28(24,25)22-12-4-5-18(22)20(23)21-15-7-10-16(26-2)11-8-15/h6-11,13,18H,4-5,12H2,1-3H3,(H,21,23)/t18-/m1/s1. The SMILES string of the molecule is COc1ccc(NC(=O)[C@H]2CCCN2S(=O)(=O)c2cc(OC)ccc2C)cc1. The minimum absolute atomic E-state index is 0.163. The number of rotatable bonds is 6. The number of nitrogens with zero attached hydrogens (tertiary/aromatic N) is 1. The van der Waals surface area contributed by atoms with Gasteiger partial charge in [0.15, 0.2) is 0 Å². The molecule has 0 radical (unpaired) electrons. The molecule has 1 saturated heterocycles. The summed E-state index contributed by atoms with van der Waals surface area (Å²) in [7, 11) is -0.774. The number of nitrogens with one attached hydrogen (secondary N) is 1. The number of anilines is 1. The topological polar surface area (TPSA) is 84.9 Å². The van der Waals surface area contributed by atoms with E-state index < -0.39 is 16.1 Å². The maximum atomic E-state index is 13.2. The van der Waals surface area contributed by atoms with Gasteiger partial charge in [0.25, 0.3) is 0 Å². The summed E-state index contributed by atoms with van der Waals surface area (Å²) >= 11 is 0. The molecule has 0 aromatic heterocycles. The van der Waals surface area contributed by atoms with Gasteiger partial charge in [-0.1, -0.05) is 6.07 Å². The van der Waals surface area contributed by atoms with Gasteiger partial charge >= 0.3 is 0 Å². The molecule has 1 atom stereocenters. The molecule has 150 valence electrons. The van der Waals surface area contributed by atoms with Crippen LogP contribution in [0.15, 0.2) is 47.4 Å². The van der Waals surface area contributed by atoms with E-state index in [9.17, 15) is 13.2 Å². The van der Waals surface area contributed by atoms with Crippen LogP contribution in [0.5, 0.6) is 11.5 Å². The van der Waals surface area contributed by atoms with Crippen molar-refractivity contribution in [3.05, 3.63) is 48.0 Å². The highest BCUT2D eigenvalue weighted by molar-refractivity contribution is 7.89. The maximum Gasteiger partial charge on any atom is 0.244 e. The summed E-state index contributed by atoms with van der Waals surface area (Å²) in [5, 5.41) is 2.80. The lowest BCUT2D eigenvalue weighted by Crippen LogP contribution is -2.43. The Balaban J connectivity index is 1.84. The van der Waals surface area contributed by atoms with Gasteiger partial charge in [-0.15, -0.1) is 0 Å². The molecule has 8 heteroatoms. The van der Waals surface area contributed by atoms with Crippen LogP contribution in [0, 0.1) is 6.92 Å². The van der Waals surface area contributed by atoms with Gasteiger partial charge in [0, 0.05) is 18.3 Å². The molecule has 1 heterocycles. The molecule has 2 aromatic rings. The molecule has 2 aromatic carbocycles.